The maximum atomic E-state index is 11.9. The number of nitrogens with zero attached hydrogens (tertiary/aromatic N) is 2. The van der Waals surface area contributed by atoms with Crippen molar-refractivity contribution in [2.45, 2.75) is 17.9 Å². The number of hydrogen-bond donors (Lipinski definition) is 1. The number of carboxylic acid groups (broad SMARTS) is 1. The summed E-state index contributed by atoms with van der Waals surface area (Å²) in [5.74, 6) is -0.165. The van der Waals surface area contributed by atoms with Crippen LogP contribution in [0.4, 0.5) is 0 Å². The highest BCUT2D eigenvalue weighted by Gasteiger charge is 2.16. The van der Waals surface area contributed by atoms with Gasteiger partial charge < -0.3 is 14.7 Å². The lowest BCUT2D eigenvalue weighted by Gasteiger charge is -2.26. The molecule has 1 aromatic rings. The number of morpholine rings is 1. The van der Waals surface area contributed by atoms with E-state index in [1.54, 1.807) is 12.3 Å². The van der Waals surface area contributed by atoms with Gasteiger partial charge in [-0.2, -0.15) is 0 Å². The van der Waals surface area contributed by atoms with E-state index in [4.69, 9.17) is 9.84 Å². The van der Waals surface area contributed by atoms with Gasteiger partial charge in [0.05, 0.1) is 18.8 Å². The van der Waals surface area contributed by atoms with Gasteiger partial charge in [0.2, 0.25) is 5.91 Å². The molecule has 21 heavy (non-hydrogen) atoms. The second-order valence-corrected chi connectivity index (χ2v) is 5.69. The first-order valence-electron chi connectivity index (χ1n) is 6.85. The molecule has 0 aliphatic carbocycles. The Labute approximate surface area is 127 Å². The van der Waals surface area contributed by atoms with Crippen molar-refractivity contribution in [1.29, 1.82) is 0 Å². The molecule has 0 spiro atoms. The van der Waals surface area contributed by atoms with Crippen LogP contribution in [-0.2, 0) is 9.53 Å². The summed E-state index contributed by atoms with van der Waals surface area (Å²) in [6.45, 7) is 2.54. The van der Waals surface area contributed by atoms with Gasteiger partial charge in [0.1, 0.15) is 5.03 Å². The van der Waals surface area contributed by atoms with Crippen molar-refractivity contribution in [2.75, 3.05) is 32.1 Å². The Hall–Kier alpha value is -1.60. The van der Waals surface area contributed by atoms with Crippen LogP contribution < -0.4 is 0 Å². The fraction of sp³-hybridized carbons (Fsp3) is 0.500. The van der Waals surface area contributed by atoms with E-state index in [-0.39, 0.29) is 11.5 Å². The first-order chi connectivity index (χ1) is 10.2. The smallest absolute Gasteiger partial charge is 0.338 e. The molecule has 1 aromatic heterocycles. The van der Waals surface area contributed by atoms with Crippen LogP contribution in [0, 0.1) is 0 Å². The predicted molar refractivity (Wildman–Crippen MR) is 78.6 cm³/mol. The number of aromatic carboxylic acids is 1. The molecule has 0 radical (unpaired) electrons. The number of ether oxygens (including phenoxy) is 1. The third kappa shape index (κ3) is 4.71. The van der Waals surface area contributed by atoms with Crippen molar-refractivity contribution in [3.05, 3.63) is 23.9 Å². The molecule has 1 amide bonds. The predicted octanol–water partition coefficient (Wildman–Crippen LogP) is 1.51. The first-order valence-corrected chi connectivity index (χ1v) is 7.83. The van der Waals surface area contributed by atoms with Crippen molar-refractivity contribution in [1.82, 2.24) is 9.88 Å². The molecule has 0 saturated carbocycles. The van der Waals surface area contributed by atoms with Crippen LogP contribution in [0.1, 0.15) is 23.2 Å². The highest BCUT2D eigenvalue weighted by atomic mass is 32.2. The summed E-state index contributed by atoms with van der Waals surface area (Å²) in [5.41, 5.74) is 0.210. The largest absolute Gasteiger partial charge is 0.478 e. The standard InChI is InChI=1S/C14H18N2O4S/c17-12(16-6-8-20-9-7-16)4-2-10-21-13-11(14(18)19)3-1-5-15-13/h1,3,5H,2,4,6-10H2,(H,18,19). The van der Waals surface area contributed by atoms with E-state index in [2.05, 4.69) is 4.98 Å². The van der Waals surface area contributed by atoms with Gasteiger partial charge in [-0.3, -0.25) is 4.79 Å². The number of amides is 1. The van der Waals surface area contributed by atoms with E-state index in [1.807, 2.05) is 4.90 Å². The molecule has 1 fully saturated rings. The second kappa shape index (κ2) is 7.99. The summed E-state index contributed by atoms with van der Waals surface area (Å²) in [5, 5.41) is 9.56. The van der Waals surface area contributed by atoms with Crippen molar-refractivity contribution < 1.29 is 19.4 Å². The molecular formula is C14H18N2O4S. The average Bonchev–Trinajstić information content (AvgIpc) is 2.52. The molecule has 7 heteroatoms. The van der Waals surface area contributed by atoms with Crippen molar-refractivity contribution in [2.24, 2.45) is 0 Å². The van der Waals surface area contributed by atoms with E-state index in [0.29, 0.717) is 49.9 Å². The third-order valence-corrected chi connectivity index (χ3v) is 4.23. The molecule has 0 bridgehead atoms. The van der Waals surface area contributed by atoms with Gasteiger partial charge >= 0.3 is 5.97 Å². The van der Waals surface area contributed by atoms with Gasteiger partial charge in [-0.05, 0) is 18.6 Å². The van der Waals surface area contributed by atoms with Crippen LogP contribution in [0.2, 0.25) is 0 Å². The zero-order chi connectivity index (χ0) is 15.1. The minimum absolute atomic E-state index is 0.137. The monoisotopic (exact) mass is 310 g/mol. The summed E-state index contributed by atoms with van der Waals surface area (Å²) >= 11 is 1.38. The second-order valence-electron chi connectivity index (χ2n) is 4.61. The van der Waals surface area contributed by atoms with Crippen molar-refractivity contribution in [3.8, 4) is 0 Å². The van der Waals surface area contributed by atoms with Crippen molar-refractivity contribution in [3.63, 3.8) is 0 Å². The van der Waals surface area contributed by atoms with E-state index in [9.17, 15) is 9.59 Å². The summed E-state index contributed by atoms with van der Waals surface area (Å²) in [6.07, 6.45) is 2.76. The summed E-state index contributed by atoms with van der Waals surface area (Å²) in [7, 11) is 0. The Morgan fingerprint density at radius 3 is 2.86 bits per heavy atom. The lowest BCUT2D eigenvalue weighted by Crippen LogP contribution is -2.40. The number of carbonyl (C=O) groups excluding carboxylic acids is 1. The van der Waals surface area contributed by atoms with Gasteiger partial charge in [0.15, 0.2) is 0 Å². The Morgan fingerprint density at radius 2 is 2.14 bits per heavy atom. The molecule has 2 heterocycles. The normalized spacial score (nSPS) is 15.0. The van der Waals surface area contributed by atoms with E-state index in [1.165, 1.54) is 17.8 Å². The van der Waals surface area contributed by atoms with Crippen molar-refractivity contribution >= 4 is 23.6 Å². The van der Waals surface area contributed by atoms with Crippen LogP contribution in [0.25, 0.3) is 0 Å². The molecule has 1 aliphatic heterocycles. The van der Waals surface area contributed by atoms with Gasteiger partial charge in [-0.1, -0.05) is 0 Å². The Kier molecular flexibility index (Phi) is 6.01. The Bertz CT molecular complexity index is 504. The number of carboxylic acids is 1. The van der Waals surface area contributed by atoms with Crippen LogP contribution >= 0.6 is 11.8 Å². The Balaban J connectivity index is 1.74. The van der Waals surface area contributed by atoms with Crippen LogP contribution in [0.5, 0.6) is 0 Å². The fourth-order valence-electron chi connectivity index (χ4n) is 2.03. The first kappa shape index (κ1) is 15.8. The van der Waals surface area contributed by atoms with Gasteiger partial charge in [0.25, 0.3) is 0 Å². The molecule has 114 valence electrons. The van der Waals surface area contributed by atoms with Crippen LogP contribution in [0.3, 0.4) is 0 Å². The summed E-state index contributed by atoms with van der Waals surface area (Å²) < 4.78 is 5.21. The van der Waals surface area contributed by atoms with E-state index < -0.39 is 5.97 Å². The molecule has 1 saturated heterocycles. The maximum Gasteiger partial charge on any atom is 0.338 e. The number of carbonyl (C=O) groups is 2. The average molecular weight is 310 g/mol. The zero-order valence-electron chi connectivity index (χ0n) is 11.7. The molecule has 0 aromatic carbocycles. The topological polar surface area (TPSA) is 79.7 Å². The summed E-state index contributed by atoms with van der Waals surface area (Å²) in [4.78, 5) is 28.9. The molecule has 0 unspecified atom stereocenters. The molecule has 0 atom stereocenters. The SMILES string of the molecule is O=C(O)c1cccnc1SCCCC(=O)N1CCOCC1. The maximum absolute atomic E-state index is 11.9. The highest BCUT2D eigenvalue weighted by Crippen LogP contribution is 2.21. The van der Waals surface area contributed by atoms with E-state index >= 15 is 0 Å². The molecule has 1 aliphatic rings. The third-order valence-electron chi connectivity index (χ3n) is 3.14. The number of hydrogen-bond acceptors (Lipinski definition) is 5. The Morgan fingerprint density at radius 1 is 1.38 bits per heavy atom. The molecule has 2 rings (SSSR count). The zero-order valence-corrected chi connectivity index (χ0v) is 12.5. The van der Waals surface area contributed by atoms with Crippen LogP contribution in [0.15, 0.2) is 23.4 Å². The van der Waals surface area contributed by atoms with Gasteiger partial charge in [0, 0.05) is 31.5 Å². The molecular weight excluding hydrogens is 292 g/mol. The lowest BCUT2D eigenvalue weighted by molar-refractivity contribution is -0.135. The number of aromatic nitrogens is 1. The van der Waals surface area contributed by atoms with Gasteiger partial charge in [-0.25, -0.2) is 9.78 Å². The fourth-order valence-corrected chi connectivity index (χ4v) is 2.96. The minimum Gasteiger partial charge on any atom is -0.478 e. The van der Waals surface area contributed by atoms with Crippen LogP contribution in [-0.4, -0.2) is 58.9 Å². The van der Waals surface area contributed by atoms with E-state index in [0.717, 1.165) is 0 Å². The number of thioether (sulfide) groups is 1. The molecule has 1 N–H and O–H groups in total. The molecule has 6 nitrogen and oxygen atoms in total. The lowest BCUT2D eigenvalue weighted by atomic mass is 10.3. The summed E-state index contributed by atoms with van der Waals surface area (Å²) in [6, 6.07) is 3.14. The van der Waals surface area contributed by atoms with Gasteiger partial charge in [-0.15, -0.1) is 11.8 Å². The number of pyridine rings is 1. The highest BCUT2D eigenvalue weighted by molar-refractivity contribution is 7.99. The number of rotatable bonds is 6. The quantitative estimate of drug-likeness (QED) is 0.634. The minimum atomic E-state index is -0.977.